The molecular formula is C19H18N2OS2. The van der Waals surface area contributed by atoms with Crippen LogP contribution in [0.25, 0.3) is 5.57 Å². The summed E-state index contributed by atoms with van der Waals surface area (Å²) >= 11 is 6.60. The highest BCUT2D eigenvalue weighted by Gasteiger charge is 2.30. The molecule has 0 N–H and O–H groups in total. The first-order chi connectivity index (χ1) is 11.7. The zero-order chi connectivity index (χ0) is 17.1. The normalized spacial score (nSPS) is 20.2. The van der Waals surface area contributed by atoms with Crippen molar-refractivity contribution in [2.24, 2.45) is 0 Å². The van der Waals surface area contributed by atoms with Gasteiger partial charge in [-0.05, 0) is 30.7 Å². The van der Waals surface area contributed by atoms with Crippen LogP contribution in [0.3, 0.4) is 0 Å². The van der Waals surface area contributed by atoms with Crippen LogP contribution in [0.15, 0.2) is 66.3 Å². The van der Waals surface area contributed by atoms with Crippen LogP contribution in [0.4, 0.5) is 5.69 Å². The molecule has 1 amide bonds. The SMILES string of the molecule is C=CCN1C(=O)/C(=C\C=C2/C=CN(CC)c3ccccc32)SC1=S. The largest absolute Gasteiger partial charge is 0.348 e. The Morgan fingerprint density at radius 2 is 2.08 bits per heavy atom. The lowest BCUT2D eigenvalue weighted by Gasteiger charge is -2.26. The molecule has 0 unspecified atom stereocenters. The Morgan fingerprint density at radius 3 is 2.83 bits per heavy atom. The molecule has 24 heavy (non-hydrogen) atoms. The average molecular weight is 355 g/mol. The van der Waals surface area contributed by atoms with Gasteiger partial charge in [-0.25, -0.2) is 0 Å². The van der Waals surface area contributed by atoms with Crippen molar-refractivity contribution in [1.29, 1.82) is 0 Å². The summed E-state index contributed by atoms with van der Waals surface area (Å²) in [5.41, 5.74) is 3.44. The Bertz CT molecular complexity index is 792. The van der Waals surface area contributed by atoms with Crippen LogP contribution < -0.4 is 4.90 Å². The molecule has 122 valence electrons. The third kappa shape index (κ3) is 3.09. The highest BCUT2D eigenvalue weighted by molar-refractivity contribution is 8.26. The number of allylic oxidation sites excluding steroid dienone is 4. The van der Waals surface area contributed by atoms with Crippen LogP contribution in [0.5, 0.6) is 0 Å². The van der Waals surface area contributed by atoms with E-state index < -0.39 is 0 Å². The number of thioether (sulfide) groups is 1. The molecule has 0 saturated carbocycles. The second-order valence-electron chi connectivity index (χ2n) is 5.34. The van der Waals surface area contributed by atoms with Gasteiger partial charge < -0.3 is 4.90 Å². The van der Waals surface area contributed by atoms with Crippen molar-refractivity contribution in [1.82, 2.24) is 4.90 Å². The van der Waals surface area contributed by atoms with Crippen LogP contribution in [-0.4, -0.2) is 28.2 Å². The molecule has 3 rings (SSSR count). The van der Waals surface area contributed by atoms with Gasteiger partial charge in [0.2, 0.25) is 0 Å². The van der Waals surface area contributed by atoms with E-state index in [1.807, 2.05) is 24.3 Å². The van der Waals surface area contributed by atoms with Crippen molar-refractivity contribution in [3.63, 3.8) is 0 Å². The van der Waals surface area contributed by atoms with E-state index in [2.05, 4.69) is 42.8 Å². The fourth-order valence-electron chi connectivity index (χ4n) is 2.70. The van der Waals surface area contributed by atoms with Crippen molar-refractivity contribution in [3.05, 3.63) is 71.8 Å². The summed E-state index contributed by atoms with van der Waals surface area (Å²) in [5, 5.41) is 0. The Kier molecular flexibility index (Phi) is 5.02. The number of para-hydroxylation sites is 1. The maximum absolute atomic E-state index is 12.4. The number of nitrogens with zero attached hydrogens (tertiary/aromatic N) is 2. The van der Waals surface area contributed by atoms with Gasteiger partial charge in [0.15, 0.2) is 0 Å². The third-order valence-corrected chi connectivity index (χ3v) is 5.29. The average Bonchev–Trinajstić information content (AvgIpc) is 2.87. The maximum Gasteiger partial charge on any atom is 0.266 e. The third-order valence-electron chi connectivity index (χ3n) is 3.90. The first-order valence-corrected chi connectivity index (χ1v) is 8.99. The van der Waals surface area contributed by atoms with Gasteiger partial charge in [-0.2, -0.15) is 0 Å². The highest BCUT2D eigenvalue weighted by Crippen LogP contribution is 2.34. The maximum atomic E-state index is 12.4. The smallest absolute Gasteiger partial charge is 0.266 e. The molecular weight excluding hydrogens is 336 g/mol. The molecule has 1 saturated heterocycles. The summed E-state index contributed by atoms with van der Waals surface area (Å²) in [6.07, 6.45) is 9.69. The molecule has 2 aliphatic rings. The first kappa shape index (κ1) is 16.7. The fourth-order valence-corrected chi connectivity index (χ4v) is 3.91. The summed E-state index contributed by atoms with van der Waals surface area (Å²) < 4.78 is 0.585. The van der Waals surface area contributed by atoms with Crippen molar-refractivity contribution < 1.29 is 4.79 Å². The summed E-state index contributed by atoms with van der Waals surface area (Å²) in [6, 6.07) is 8.28. The summed E-state index contributed by atoms with van der Waals surface area (Å²) in [6.45, 7) is 7.16. The van der Waals surface area contributed by atoms with Crippen molar-refractivity contribution in [2.75, 3.05) is 18.0 Å². The van der Waals surface area contributed by atoms with Crippen molar-refractivity contribution >= 4 is 45.5 Å². The molecule has 0 aliphatic carbocycles. The monoisotopic (exact) mass is 354 g/mol. The minimum Gasteiger partial charge on any atom is -0.348 e. The lowest BCUT2D eigenvalue weighted by Crippen LogP contribution is -2.27. The van der Waals surface area contributed by atoms with E-state index in [1.165, 1.54) is 23.0 Å². The van der Waals surface area contributed by atoms with Crippen LogP contribution in [0.1, 0.15) is 12.5 Å². The fraction of sp³-hybridized carbons (Fsp3) is 0.158. The summed E-state index contributed by atoms with van der Waals surface area (Å²) in [7, 11) is 0. The number of rotatable bonds is 4. The van der Waals surface area contributed by atoms with Crippen molar-refractivity contribution in [3.8, 4) is 0 Å². The Labute approximate surface area is 152 Å². The van der Waals surface area contributed by atoms with E-state index in [0.29, 0.717) is 15.8 Å². The van der Waals surface area contributed by atoms with Crippen LogP contribution in [0.2, 0.25) is 0 Å². The highest BCUT2D eigenvalue weighted by atomic mass is 32.2. The number of thiocarbonyl (C=S) groups is 1. The molecule has 0 aromatic heterocycles. The topological polar surface area (TPSA) is 23.6 Å². The van der Waals surface area contributed by atoms with Gasteiger partial charge in [0, 0.05) is 30.5 Å². The zero-order valence-corrected chi connectivity index (χ0v) is 15.1. The summed E-state index contributed by atoms with van der Waals surface area (Å²) in [4.78, 5) is 16.8. The van der Waals surface area contributed by atoms with Gasteiger partial charge in [-0.3, -0.25) is 9.69 Å². The van der Waals surface area contributed by atoms with Gasteiger partial charge >= 0.3 is 0 Å². The van der Waals surface area contributed by atoms with Gasteiger partial charge in [0.25, 0.3) is 5.91 Å². The molecule has 2 heterocycles. The lowest BCUT2D eigenvalue weighted by molar-refractivity contribution is -0.121. The number of hydrogen-bond acceptors (Lipinski definition) is 4. The number of carbonyl (C=O) groups excluding carboxylic acids is 1. The molecule has 2 aliphatic heterocycles. The molecule has 5 heteroatoms. The van der Waals surface area contributed by atoms with E-state index in [9.17, 15) is 4.79 Å². The second kappa shape index (κ2) is 7.20. The van der Waals surface area contributed by atoms with E-state index >= 15 is 0 Å². The molecule has 0 spiro atoms. The van der Waals surface area contributed by atoms with Crippen LogP contribution in [-0.2, 0) is 4.79 Å². The van der Waals surface area contributed by atoms with Gasteiger partial charge in [0.1, 0.15) is 4.32 Å². The number of anilines is 1. The Morgan fingerprint density at radius 1 is 1.29 bits per heavy atom. The minimum atomic E-state index is -0.0509. The molecule has 1 aromatic rings. The molecule has 3 nitrogen and oxygen atoms in total. The van der Waals surface area contributed by atoms with Gasteiger partial charge in [0.05, 0.1) is 4.91 Å². The van der Waals surface area contributed by atoms with Crippen LogP contribution in [0, 0.1) is 0 Å². The van der Waals surface area contributed by atoms with E-state index in [0.717, 1.165) is 12.1 Å². The Balaban J connectivity index is 1.91. The standard InChI is InChI=1S/C19H18N2OS2/c1-3-12-21-18(22)17(24-19(21)23)10-9-14-11-13-20(4-2)16-8-6-5-7-15(14)16/h3,5-11,13H,1,4,12H2,2H3/b14-9+,17-10+. The molecule has 1 fully saturated rings. The Hall–Kier alpha value is -2.11. The number of benzene rings is 1. The number of amides is 1. The van der Waals surface area contributed by atoms with Gasteiger partial charge in [-0.15, -0.1) is 6.58 Å². The molecule has 1 aromatic carbocycles. The molecule has 0 atom stereocenters. The van der Waals surface area contributed by atoms with E-state index in [4.69, 9.17) is 12.2 Å². The number of carbonyl (C=O) groups is 1. The summed E-state index contributed by atoms with van der Waals surface area (Å²) in [5.74, 6) is -0.0509. The minimum absolute atomic E-state index is 0.0509. The lowest BCUT2D eigenvalue weighted by atomic mass is 9.99. The second-order valence-corrected chi connectivity index (χ2v) is 7.02. The van der Waals surface area contributed by atoms with E-state index in [1.54, 1.807) is 11.0 Å². The van der Waals surface area contributed by atoms with Crippen molar-refractivity contribution in [2.45, 2.75) is 6.92 Å². The predicted octanol–water partition coefficient (Wildman–Crippen LogP) is 4.35. The number of hydrogen-bond donors (Lipinski definition) is 0. The molecule has 0 bridgehead atoms. The van der Waals surface area contributed by atoms with Crippen LogP contribution >= 0.6 is 24.0 Å². The van der Waals surface area contributed by atoms with Gasteiger partial charge in [-0.1, -0.05) is 54.3 Å². The molecule has 0 radical (unpaired) electrons. The first-order valence-electron chi connectivity index (χ1n) is 7.76. The quantitative estimate of drug-likeness (QED) is 0.455. The zero-order valence-electron chi connectivity index (χ0n) is 13.4. The number of fused-ring (bicyclic) bond motifs is 1. The predicted molar refractivity (Wildman–Crippen MR) is 107 cm³/mol. The van der Waals surface area contributed by atoms with E-state index in [-0.39, 0.29) is 5.91 Å².